The van der Waals surface area contributed by atoms with E-state index in [2.05, 4.69) is 10.0 Å². The molecule has 0 aliphatic heterocycles. The van der Waals surface area contributed by atoms with Gasteiger partial charge in [0.05, 0.1) is 16.9 Å². The van der Waals surface area contributed by atoms with Crippen molar-refractivity contribution in [1.82, 2.24) is 4.90 Å². The van der Waals surface area contributed by atoms with Crippen LogP contribution in [0.2, 0.25) is 0 Å². The molecule has 0 radical (unpaired) electrons. The van der Waals surface area contributed by atoms with E-state index >= 15 is 0 Å². The number of nitrogens with one attached hydrogen (secondary N) is 2. The van der Waals surface area contributed by atoms with Crippen molar-refractivity contribution in [3.63, 3.8) is 0 Å². The smallest absolute Gasteiger partial charge is 0.338 e. The van der Waals surface area contributed by atoms with Crippen LogP contribution in [0.15, 0.2) is 42.5 Å². The molecule has 0 aromatic heterocycles. The van der Waals surface area contributed by atoms with Gasteiger partial charge in [-0.3, -0.25) is 14.1 Å². The number of anilines is 2. The Kier molecular flexibility index (Phi) is 10.6. The molecular weight excluding hydrogens is 446 g/mol. The average molecular weight is 478 g/mol. The van der Waals surface area contributed by atoms with E-state index in [0.717, 1.165) is 12.8 Å². The Morgan fingerprint density at radius 3 is 2.33 bits per heavy atom. The van der Waals surface area contributed by atoms with Gasteiger partial charge < -0.3 is 19.7 Å². The molecule has 180 valence electrons. The molecule has 10 heteroatoms. The van der Waals surface area contributed by atoms with Crippen molar-refractivity contribution in [2.24, 2.45) is 0 Å². The molecule has 0 spiro atoms. The molecule has 0 bridgehead atoms. The van der Waals surface area contributed by atoms with E-state index in [1.165, 1.54) is 6.07 Å². The lowest BCUT2D eigenvalue weighted by atomic mass is 10.1. The second-order valence-electron chi connectivity index (χ2n) is 7.09. The quantitative estimate of drug-likeness (QED) is 0.224. The van der Waals surface area contributed by atoms with Crippen LogP contribution in [0.4, 0.5) is 11.4 Å². The number of carbonyl (C=O) groups excluding carboxylic acids is 2. The summed E-state index contributed by atoms with van der Waals surface area (Å²) in [5.74, 6) is -0.251. The van der Waals surface area contributed by atoms with Crippen molar-refractivity contribution in [1.29, 1.82) is 0 Å². The summed E-state index contributed by atoms with van der Waals surface area (Å²) in [4.78, 5) is 26.5. The highest BCUT2D eigenvalue weighted by Gasteiger charge is 2.20. The fraction of sp³-hybridized carbons (Fsp3) is 0.391. The van der Waals surface area contributed by atoms with Gasteiger partial charge in [0.2, 0.25) is 0 Å². The Morgan fingerprint density at radius 2 is 1.73 bits per heavy atom. The monoisotopic (exact) mass is 477 g/mol. The first kappa shape index (κ1) is 26.1. The van der Waals surface area contributed by atoms with Gasteiger partial charge in [0.15, 0.2) is 12.4 Å². The van der Waals surface area contributed by atoms with Crippen molar-refractivity contribution in [3.8, 4) is 11.5 Å². The minimum Gasteiger partial charge on any atom is -0.453 e. The molecule has 0 heterocycles. The third kappa shape index (κ3) is 8.07. The van der Waals surface area contributed by atoms with Gasteiger partial charge in [0, 0.05) is 19.6 Å². The van der Waals surface area contributed by atoms with Crippen molar-refractivity contribution in [3.05, 3.63) is 48.0 Å². The van der Waals surface area contributed by atoms with E-state index in [1.807, 2.05) is 26.8 Å². The highest BCUT2D eigenvalue weighted by Crippen LogP contribution is 2.39. The van der Waals surface area contributed by atoms with Crippen LogP contribution in [0.1, 0.15) is 44.0 Å². The lowest BCUT2D eigenvalue weighted by Gasteiger charge is -2.19. The molecule has 2 aromatic carbocycles. The van der Waals surface area contributed by atoms with E-state index in [9.17, 15) is 18.4 Å². The SMILES string of the molecule is CCCCNc1cc(C(=O)OCC(=O)N(CC)CC)cc(NS(=O)O)c1Oc1ccccc1. The lowest BCUT2D eigenvalue weighted by molar-refractivity contribution is -0.134. The minimum atomic E-state index is -2.41. The number of esters is 1. The number of rotatable bonds is 13. The molecule has 9 nitrogen and oxygen atoms in total. The molecular formula is C23H31N3O6S. The maximum absolute atomic E-state index is 12.7. The number of carbonyl (C=O) groups is 2. The lowest BCUT2D eigenvalue weighted by Crippen LogP contribution is -2.34. The van der Waals surface area contributed by atoms with Crippen LogP contribution in [0.5, 0.6) is 11.5 Å². The van der Waals surface area contributed by atoms with Gasteiger partial charge in [-0.25, -0.2) is 9.00 Å². The Bertz CT molecular complexity index is 951. The number of unbranched alkanes of at least 4 members (excludes halogenated alkanes) is 1. The molecule has 2 rings (SSSR count). The first-order chi connectivity index (χ1) is 15.9. The van der Waals surface area contributed by atoms with Crippen molar-refractivity contribution in [2.75, 3.05) is 36.3 Å². The molecule has 0 fully saturated rings. The zero-order valence-corrected chi connectivity index (χ0v) is 19.9. The number of para-hydroxylation sites is 1. The molecule has 0 saturated carbocycles. The van der Waals surface area contributed by atoms with Crippen molar-refractivity contribution >= 4 is 34.5 Å². The Hall–Kier alpha value is -3.11. The van der Waals surface area contributed by atoms with Crippen LogP contribution in [0.3, 0.4) is 0 Å². The predicted octanol–water partition coefficient (Wildman–Crippen LogP) is 4.26. The predicted molar refractivity (Wildman–Crippen MR) is 129 cm³/mol. The maximum Gasteiger partial charge on any atom is 0.338 e. The largest absolute Gasteiger partial charge is 0.453 e. The first-order valence-electron chi connectivity index (χ1n) is 10.9. The number of nitrogens with zero attached hydrogens (tertiary/aromatic N) is 1. The zero-order chi connectivity index (χ0) is 24.2. The minimum absolute atomic E-state index is 0.106. The molecule has 0 aliphatic carbocycles. The highest BCUT2D eigenvalue weighted by atomic mass is 32.2. The summed E-state index contributed by atoms with van der Waals surface area (Å²) in [7, 11) is 0. The highest BCUT2D eigenvalue weighted by molar-refractivity contribution is 7.80. The summed E-state index contributed by atoms with van der Waals surface area (Å²) < 4.78 is 34.6. The molecule has 33 heavy (non-hydrogen) atoms. The van der Waals surface area contributed by atoms with Crippen LogP contribution in [0.25, 0.3) is 0 Å². The fourth-order valence-corrected chi connectivity index (χ4v) is 3.38. The number of amides is 1. The summed E-state index contributed by atoms with van der Waals surface area (Å²) in [5, 5.41) is 3.22. The van der Waals surface area contributed by atoms with Crippen LogP contribution < -0.4 is 14.8 Å². The third-order valence-electron chi connectivity index (χ3n) is 4.77. The van der Waals surface area contributed by atoms with E-state index in [-0.39, 0.29) is 22.9 Å². The van der Waals surface area contributed by atoms with E-state index in [1.54, 1.807) is 35.2 Å². The van der Waals surface area contributed by atoms with Gasteiger partial charge in [-0.2, -0.15) is 0 Å². The third-order valence-corrected chi connectivity index (χ3v) is 5.17. The summed E-state index contributed by atoms with van der Waals surface area (Å²) in [6.45, 7) is 6.97. The van der Waals surface area contributed by atoms with Gasteiger partial charge in [-0.15, -0.1) is 0 Å². The van der Waals surface area contributed by atoms with Gasteiger partial charge >= 0.3 is 5.97 Å². The molecule has 0 aliphatic rings. The van der Waals surface area contributed by atoms with E-state index < -0.39 is 23.8 Å². The van der Waals surface area contributed by atoms with Gasteiger partial charge in [0.25, 0.3) is 17.2 Å². The van der Waals surface area contributed by atoms with E-state index in [0.29, 0.717) is 31.1 Å². The first-order valence-corrected chi connectivity index (χ1v) is 12.0. The topological polar surface area (TPSA) is 117 Å². The summed E-state index contributed by atoms with van der Waals surface area (Å²) in [6, 6.07) is 11.8. The molecule has 3 N–H and O–H groups in total. The fourth-order valence-electron chi connectivity index (χ4n) is 3.04. The number of likely N-dealkylation sites (N-methyl/N-ethyl adjacent to an activating group) is 1. The molecule has 1 atom stereocenters. The Morgan fingerprint density at radius 1 is 1.06 bits per heavy atom. The number of ether oxygens (including phenoxy) is 2. The van der Waals surface area contributed by atoms with Crippen LogP contribution >= 0.6 is 0 Å². The summed E-state index contributed by atoms with van der Waals surface area (Å²) >= 11 is -2.41. The second-order valence-corrected chi connectivity index (χ2v) is 7.79. The Labute approximate surface area is 196 Å². The Balaban J connectivity index is 2.38. The second kappa shape index (κ2) is 13.4. The van der Waals surface area contributed by atoms with Crippen LogP contribution in [-0.2, 0) is 20.8 Å². The standard InChI is InChI=1S/C23H31N3O6S/c1-4-7-13-24-19-14-17(23(28)31-16-21(27)26(5-2)6-3)15-20(25-33(29)30)22(19)32-18-11-9-8-10-12-18/h8-12,14-15,24-25H,4-7,13,16H2,1-3H3,(H,29,30). The maximum atomic E-state index is 12.7. The number of hydrogen-bond acceptors (Lipinski definition) is 6. The zero-order valence-electron chi connectivity index (χ0n) is 19.1. The van der Waals surface area contributed by atoms with Crippen molar-refractivity contribution < 1.29 is 27.8 Å². The van der Waals surface area contributed by atoms with Crippen molar-refractivity contribution in [2.45, 2.75) is 33.6 Å². The average Bonchev–Trinajstić information content (AvgIpc) is 2.80. The van der Waals surface area contributed by atoms with Gasteiger partial charge in [-0.1, -0.05) is 31.5 Å². The molecule has 0 saturated heterocycles. The van der Waals surface area contributed by atoms with Crippen LogP contribution in [-0.4, -0.2) is 51.8 Å². The van der Waals surface area contributed by atoms with E-state index in [4.69, 9.17) is 9.47 Å². The van der Waals surface area contributed by atoms with Crippen LogP contribution in [0, 0.1) is 0 Å². The molecule has 2 aromatic rings. The van der Waals surface area contributed by atoms with Gasteiger partial charge in [-0.05, 0) is 44.5 Å². The molecule has 1 unspecified atom stereocenters. The normalized spacial score (nSPS) is 11.4. The number of hydrogen-bond donors (Lipinski definition) is 3. The van der Waals surface area contributed by atoms with Gasteiger partial charge in [0.1, 0.15) is 5.75 Å². The molecule has 1 amide bonds. The number of benzene rings is 2. The summed E-state index contributed by atoms with van der Waals surface area (Å²) in [6.07, 6.45) is 1.81. The summed E-state index contributed by atoms with van der Waals surface area (Å²) in [5.41, 5.74) is 0.683.